The zero-order valence-electron chi connectivity index (χ0n) is 12.4. The van der Waals surface area contributed by atoms with Gasteiger partial charge in [0.2, 0.25) is 0 Å². The van der Waals surface area contributed by atoms with E-state index < -0.39 is 6.04 Å². The molecule has 0 spiro atoms. The number of benzene rings is 1. The molecule has 0 amide bonds. The number of carbonyl (C=O) groups is 2. The fraction of sp³-hybridized carbons (Fsp3) is 0.500. The first-order valence-corrected chi connectivity index (χ1v) is 7.40. The van der Waals surface area contributed by atoms with Crippen molar-refractivity contribution in [1.29, 1.82) is 0 Å². The van der Waals surface area contributed by atoms with Gasteiger partial charge in [0.25, 0.3) is 0 Å². The Morgan fingerprint density at radius 3 is 2.48 bits per heavy atom. The lowest BCUT2D eigenvalue weighted by Gasteiger charge is -2.38. The van der Waals surface area contributed by atoms with Crippen molar-refractivity contribution in [3.8, 4) is 0 Å². The minimum absolute atomic E-state index is 0.199. The molecule has 114 valence electrons. The Kier molecular flexibility index (Phi) is 5.75. The van der Waals surface area contributed by atoms with E-state index >= 15 is 0 Å². The lowest BCUT2D eigenvalue weighted by atomic mass is 10.1. The van der Waals surface area contributed by atoms with Crippen molar-refractivity contribution < 1.29 is 14.3 Å². The van der Waals surface area contributed by atoms with Gasteiger partial charge in [-0.05, 0) is 19.1 Å². The summed E-state index contributed by atoms with van der Waals surface area (Å²) < 4.78 is 5.07. The van der Waals surface area contributed by atoms with E-state index in [9.17, 15) is 9.59 Å². The molecule has 0 bridgehead atoms. The predicted octanol–water partition coefficient (Wildman–Crippen LogP) is 1.33. The molecular weight excluding hydrogens is 268 g/mol. The molecule has 1 unspecified atom stereocenters. The monoisotopic (exact) mass is 290 g/mol. The minimum atomic E-state index is -0.444. The van der Waals surface area contributed by atoms with Crippen molar-refractivity contribution in [2.75, 3.05) is 37.7 Å². The molecule has 5 nitrogen and oxygen atoms in total. The Bertz CT molecular complexity index is 456. The van der Waals surface area contributed by atoms with Crippen molar-refractivity contribution in [2.45, 2.75) is 19.4 Å². The van der Waals surface area contributed by atoms with Crippen LogP contribution in [-0.4, -0.2) is 56.0 Å². The number of anilines is 1. The molecule has 1 saturated heterocycles. The molecule has 1 heterocycles. The van der Waals surface area contributed by atoms with Crippen LogP contribution in [-0.2, 0) is 14.3 Å². The largest absolute Gasteiger partial charge is 0.465 e. The summed E-state index contributed by atoms with van der Waals surface area (Å²) in [6.07, 6.45) is 0.995. The molecular formula is C16H22N2O3. The van der Waals surface area contributed by atoms with E-state index in [0.29, 0.717) is 6.61 Å². The molecule has 1 aliphatic rings. The maximum atomic E-state index is 11.9. The fourth-order valence-corrected chi connectivity index (χ4v) is 2.65. The van der Waals surface area contributed by atoms with E-state index in [1.54, 1.807) is 6.92 Å². The highest BCUT2D eigenvalue weighted by molar-refractivity contribution is 5.79. The van der Waals surface area contributed by atoms with Crippen LogP contribution in [0.4, 0.5) is 5.69 Å². The number of esters is 1. The normalized spacial score (nSPS) is 17.3. The number of aldehydes is 1. The van der Waals surface area contributed by atoms with Gasteiger partial charge < -0.3 is 14.4 Å². The van der Waals surface area contributed by atoms with E-state index in [1.807, 2.05) is 23.1 Å². The highest BCUT2D eigenvalue weighted by Gasteiger charge is 2.29. The van der Waals surface area contributed by atoms with Gasteiger partial charge in [0.15, 0.2) is 0 Å². The quantitative estimate of drug-likeness (QED) is 0.584. The summed E-state index contributed by atoms with van der Waals surface area (Å²) in [6.45, 7) is 5.33. The molecule has 0 saturated carbocycles. The average molecular weight is 290 g/mol. The van der Waals surface area contributed by atoms with Crippen LogP contribution in [0.3, 0.4) is 0 Å². The van der Waals surface area contributed by atoms with Gasteiger partial charge >= 0.3 is 5.97 Å². The number of rotatable bonds is 6. The third-order valence-electron chi connectivity index (χ3n) is 3.75. The van der Waals surface area contributed by atoms with Gasteiger partial charge in [-0.25, -0.2) is 0 Å². The fourth-order valence-electron chi connectivity index (χ4n) is 2.65. The Morgan fingerprint density at radius 2 is 1.90 bits per heavy atom. The summed E-state index contributed by atoms with van der Waals surface area (Å²) >= 11 is 0. The molecule has 0 aromatic heterocycles. The maximum Gasteiger partial charge on any atom is 0.323 e. The Balaban J connectivity index is 1.94. The van der Waals surface area contributed by atoms with Gasteiger partial charge in [-0.15, -0.1) is 0 Å². The molecule has 1 fully saturated rings. The van der Waals surface area contributed by atoms with Gasteiger partial charge in [-0.2, -0.15) is 0 Å². The Hall–Kier alpha value is -1.88. The van der Waals surface area contributed by atoms with Crippen molar-refractivity contribution in [2.24, 2.45) is 0 Å². The van der Waals surface area contributed by atoms with Crippen LogP contribution in [0.15, 0.2) is 30.3 Å². The number of hydrogen-bond acceptors (Lipinski definition) is 5. The van der Waals surface area contributed by atoms with Gasteiger partial charge in [0.05, 0.1) is 6.61 Å². The smallest absolute Gasteiger partial charge is 0.323 e. The van der Waals surface area contributed by atoms with E-state index in [1.165, 1.54) is 5.69 Å². The molecule has 21 heavy (non-hydrogen) atoms. The predicted molar refractivity (Wildman–Crippen MR) is 81.3 cm³/mol. The standard InChI is InChI=1S/C16H22N2O3/c1-2-21-16(20)15(8-13-19)18-11-9-17(10-12-18)14-6-4-3-5-7-14/h3-7,13,15H,2,8-12H2,1H3. The molecule has 5 heteroatoms. The Morgan fingerprint density at radius 1 is 1.24 bits per heavy atom. The third kappa shape index (κ3) is 4.04. The number of para-hydroxylation sites is 1. The summed E-state index contributed by atoms with van der Waals surface area (Å²) in [6, 6.07) is 9.78. The van der Waals surface area contributed by atoms with Gasteiger partial charge in [-0.1, -0.05) is 18.2 Å². The molecule has 0 aliphatic carbocycles. The summed E-state index contributed by atoms with van der Waals surface area (Å²) in [7, 11) is 0. The number of carbonyl (C=O) groups excluding carboxylic acids is 2. The zero-order chi connectivity index (χ0) is 15.1. The molecule has 1 aliphatic heterocycles. The minimum Gasteiger partial charge on any atom is -0.465 e. The van der Waals surface area contributed by atoms with Crippen molar-refractivity contribution in [3.63, 3.8) is 0 Å². The second-order valence-electron chi connectivity index (χ2n) is 5.03. The van der Waals surface area contributed by atoms with Gasteiger partial charge in [0, 0.05) is 38.3 Å². The summed E-state index contributed by atoms with van der Waals surface area (Å²) in [5.74, 6) is -0.294. The summed E-state index contributed by atoms with van der Waals surface area (Å²) in [4.78, 5) is 27.1. The molecule has 0 N–H and O–H groups in total. The molecule has 1 aromatic carbocycles. The van der Waals surface area contributed by atoms with Gasteiger partial charge in [0.1, 0.15) is 12.3 Å². The average Bonchev–Trinajstić information content (AvgIpc) is 2.54. The molecule has 2 rings (SSSR count). The van der Waals surface area contributed by atoms with Crippen LogP contribution in [0.5, 0.6) is 0 Å². The zero-order valence-corrected chi connectivity index (χ0v) is 12.4. The lowest BCUT2D eigenvalue weighted by molar-refractivity contribution is -0.150. The van der Waals surface area contributed by atoms with Gasteiger partial charge in [-0.3, -0.25) is 9.69 Å². The van der Waals surface area contributed by atoms with Crippen LogP contribution in [0.25, 0.3) is 0 Å². The molecule has 0 radical (unpaired) electrons. The van der Waals surface area contributed by atoms with E-state index in [4.69, 9.17) is 4.74 Å². The number of piperazine rings is 1. The van der Waals surface area contributed by atoms with Crippen LogP contribution < -0.4 is 4.90 Å². The molecule has 1 aromatic rings. The van der Waals surface area contributed by atoms with E-state index in [0.717, 1.165) is 32.5 Å². The Labute approximate surface area is 125 Å². The van der Waals surface area contributed by atoms with Crippen molar-refractivity contribution >= 4 is 17.9 Å². The van der Waals surface area contributed by atoms with Crippen LogP contribution >= 0.6 is 0 Å². The van der Waals surface area contributed by atoms with E-state index in [2.05, 4.69) is 17.0 Å². The van der Waals surface area contributed by atoms with Crippen molar-refractivity contribution in [3.05, 3.63) is 30.3 Å². The second-order valence-corrected chi connectivity index (χ2v) is 5.03. The maximum absolute atomic E-state index is 11.9. The van der Waals surface area contributed by atoms with E-state index in [-0.39, 0.29) is 12.4 Å². The first-order valence-electron chi connectivity index (χ1n) is 7.40. The highest BCUT2D eigenvalue weighted by Crippen LogP contribution is 2.17. The highest BCUT2D eigenvalue weighted by atomic mass is 16.5. The summed E-state index contributed by atoms with van der Waals surface area (Å²) in [5, 5.41) is 0. The van der Waals surface area contributed by atoms with Crippen LogP contribution in [0, 0.1) is 0 Å². The number of nitrogens with zero attached hydrogens (tertiary/aromatic N) is 2. The summed E-state index contributed by atoms with van der Waals surface area (Å²) in [5.41, 5.74) is 1.19. The topological polar surface area (TPSA) is 49.9 Å². The first kappa shape index (κ1) is 15.5. The second kappa shape index (κ2) is 7.78. The van der Waals surface area contributed by atoms with Crippen LogP contribution in [0.2, 0.25) is 0 Å². The number of hydrogen-bond donors (Lipinski definition) is 0. The first-order chi connectivity index (χ1) is 10.3. The SMILES string of the molecule is CCOC(=O)C(CC=O)N1CCN(c2ccccc2)CC1. The molecule has 1 atom stereocenters. The van der Waals surface area contributed by atoms with Crippen LogP contribution in [0.1, 0.15) is 13.3 Å². The van der Waals surface area contributed by atoms with Crippen molar-refractivity contribution in [1.82, 2.24) is 4.90 Å². The third-order valence-corrected chi connectivity index (χ3v) is 3.75. The lowest BCUT2D eigenvalue weighted by Crippen LogP contribution is -2.53. The number of ether oxygens (including phenoxy) is 1.